The predicted molar refractivity (Wildman–Crippen MR) is 112 cm³/mol. The third kappa shape index (κ3) is 5.07. The second kappa shape index (κ2) is 9.32. The third-order valence-electron chi connectivity index (χ3n) is 4.41. The number of hydrogen-bond donors (Lipinski definition) is 2. The summed E-state index contributed by atoms with van der Waals surface area (Å²) < 4.78 is 8.05. The number of nitrogens with zero attached hydrogens (tertiary/aromatic N) is 2. The zero-order chi connectivity index (χ0) is 19.9. The molecule has 0 aliphatic heterocycles. The summed E-state index contributed by atoms with van der Waals surface area (Å²) in [4.78, 5) is 12.2. The summed E-state index contributed by atoms with van der Waals surface area (Å²) in [6, 6.07) is 15.9. The predicted octanol–water partition coefficient (Wildman–Crippen LogP) is 3.81. The second-order valence-corrected chi connectivity index (χ2v) is 6.97. The van der Waals surface area contributed by atoms with Crippen LogP contribution in [0, 0.1) is 18.6 Å². The molecule has 0 saturated heterocycles. The molecule has 0 saturated carbocycles. The van der Waals surface area contributed by atoms with E-state index in [0.29, 0.717) is 30.9 Å². The Morgan fingerprint density at radius 1 is 1.18 bits per heavy atom. The molecule has 2 aromatic carbocycles. The SMILES string of the molecule is Cc1ccc(-c2n[nH]c(=S)n2CCC(=O)NCCOc2ccccc2C)cc1. The Kier molecular flexibility index (Phi) is 6.60. The molecule has 2 N–H and O–H groups in total. The summed E-state index contributed by atoms with van der Waals surface area (Å²) in [5, 5.41) is 10.00. The average molecular weight is 397 g/mol. The van der Waals surface area contributed by atoms with E-state index in [2.05, 4.69) is 15.5 Å². The number of amides is 1. The van der Waals surface area contributed by atoms with E-state index >= 15 is 0 Å². The Balaban J connectivity index is 1.50. The van der Waals surface area contributed by atoms with Gasteiger partial charge in [-0.15, -0.1) is 0 Å². The van der Waals surface area contributed by atoms with Crippen LogP contribution in [0.2, 0.25) is 0 Å². The normalized spacial score (nSPS) is 10.6. The molecule has 28 heavy (non-hydrogen) atoms. The molecule has 0 aliphatic carbocycles. The van der Waals surface area contributed by atoms with Gasteiger partial charge in [0.05, 0.1) is 6.54 Å². The summed E-state index contributed by atoms with van der Waals surface area (Å²) >= 11 is 5.32. The van der Waals surface area contributed by atoms with Crippen LogP contribution in [0.3, 0.4) is 0 Å². The Bertz CT molecular complexity index is 992. The number of ether oxygens (including phenoxy) is 1. The molecule has 0 fully saturated rings. The summed E-state index contributed by atoms with van der Waals surface area (Å²) in [5.74, 6) is 1.52. The molecule has 6 nitrogen and oxygen atoms in total. The number of aryl methyl sites for hydroxylation is 2. The maximum atomic E-state index is 12.2. The van der Waals surface area contributed by atoms with Gasteiger partial charge in [-0.3, -0.25) is 14.5 Å². The van der Waals surface area contributed by atoms with Crippen molar-refractivity contribution in [2.45, 2.75) is 26.8 Å². The lowest BCUT2D eigenvalue weighted by Gasteiger charge is -2.10. The van der Waals surface area contributed by atoms with Crippen molar-refractivity contribution in [3.8, 4) is 17.1 Å². The second-order valence-electron chi connectivity index (χ2n) is 6.58. The minimum absolute atomic E-state index is 0.0497. The van der Waals surface area contributed by atoms with Crippen LogP contribution < -0.4 is 10.1 Å². The van der Waals surface area contributed by atoms with Crippen LogP contribution in [0.25, 0.3) is 11.4 Å². The van der Waals surface area contributed by atoms with Gasteiger partial charge in [0.25, 0.3) is 0 Å². The highest BCUT2D eigenvalue weighted by molar-refractivity contribution is 7.71. The number of carbonyl (C=O) groups excluding carboxylic acids is 1. The van der Waals surface area contributed by atoms with Crippen LogP contribution >= 0.6 is 12.2 Å². The number of benzene rings is 2. The molecule has 3 rings (SSSR count). The lowest BCUT2D eigenvalue weighted by Crippen LogP contribution is -2.29. The van der Waals surface area contributed by atoms with Gasteiger partial charge in [-0.2, -0.15) is 5.10 Å². The fourth-order valence-corrected chi connectivity index (χ4v) is 3.04. The van der Waals surface area contributed by atoms with Crippen molar-refractivity contribution in [3.63, 3.8) is 0 Å². The van der Waals surface area contributed by atoms with Gasteiger partial charge in [0.1, 0.15) is 12.4 Å². The number of H-pyrrole nitrogens is 1. The van der Waals surface area contributed by atoms with Crippen molar-refractivity contribution < 1.29 is 9.53 Å². The highest BCUT2D eigenvalue weighted by Crippen LogP contribution is 2.18. The van der Waals surface area contributed by atoms with Gasteiger partial charge in [0, 0.05) is 18.5 Å². The molecule has 1 amide bonds. The molecule has 1 heterocycles. The largest absolute Gasteiger partial charge is 0.491 e. The van der Waals surface area contributed by atoms with E-state index in [0.717, 1.165) is 22.7 Å². The van der Waals surface area contributed by atoms with E-state index in [1.807, 2.05) is 66.9 Å². The number of rotatable bonds is 8. The molecule has 0 spiro atoms. The number of hydrogen-bond acceptors (Lipinski definition) is 4. The smallest absolute Gasteiger partial charge is 0.221 e. The summed E-state index contributed by atoms with van der Waals surface area (Å²) in [6.07, 6.45) is 0.317. The molecule has 1 aromatic heterocycles. The fourth-order valence-electron chi connectivity index (χ4n) is 2.82. The van der Waals surface area contributed by atoms with Crippen molar-refractivity contribution in [1.82, 2.24) is 20.1 Å². The molecule has 7 heteroatoms. The first-order valence-corrected chi connectivity index (χ1v) is 9.63. The van der Waals surface area contributed by atoms with Crippen molar-refractivity contribution in [3.05, 3.63) is 64.4 Å². The third-order valence-corrected chi connectivity index (χ3v) is 4.72. The molecule has 146 valence electrons. The molecular formula is C21H24N4O2S. The fraction of sp³-hybridized carbons (Fsp3) is 0.286. The summed E-state index contributed by atoms with van der Waals surface area (Å²) in [5.41, 5.74) is 3.22. The van der Waals surface area contributed by atoms with Crippen LogP contribution in [0.5, 0.6) is 5.75 Å². The molecule has 0 aliphatic rings. The quantitative estimate of drug-likeness (QED) is 0.449. The van der Waals surface area contributed by atoms with E-state index in [4.69, 9.17) is 17.0 Å². The van der Waals surface area contributed by atoms with E-state index in [1.54, 1.807) is 0 Å². The number of aromatic amines is 1. The van der Waals surface area contributed by atoms with Crippen LogP contribution in [-0.2, 0) is 11.3 Å². The van der Waals surface area contributed by atoms with Gasteiger partial charge in [0.2, 0.25) is 5.91 Å². The average Bonchev–Trinajstić information content (AvgIpc) is 3.06. The van der Waals surface area contributed by atoms with E-state index < -0.39 is 0 Å². The first-order chi connectivity index (χ1) is 13.5. The highest BCUT2D eigenvalue weighted by atomic mass is 32.1. The van der Waals surface area contributed by atoms with Gasteiger partial charge >= 0.3 is 0 Å². The first-order valence-electron chi connectivity index (χ1n) is 9.22. The number of carbonyl (C=O) groups is 1. The van der Waals surface area contributed by atoms with Gasteiger partial charge in [-0.1, -0.05) is 48.0 Å². The van der Waals surface area contributed by atoms with Gasteiger partial charge in [-0.05, 0) is 37.7 Å². The van der Waals surface area contributed by atoms with E-state index in [-0.39, 0.29) is 5.91 Å². The molecular weight excluding hydrogens is 372 g/mol. The van der Waals surface area contributed by atoms with Gasteiger partial charge in [-0.25, -0.2) is 0 Å². The Morgan fingerprint density at radius 2 is 1.93 bits per heavy atom. The zero-order valence-corrected chi connectivity index (χ0v) is 16.9. The Morgan fingerprint density at radius 3 is 2.68 bits per heavy atom. The van der Waals surface area contributed by atoms with Crippen LogP contribution in [0.15, 0.2) is 48.5 Å². The minimum Gasteiger partial charge on any atom is -0.491 e. The topological polar surface area (TPSA) is 71.9 Å². The van der Waals surface area contributed by atoms with Crippen molar-refractivity contribution >= 4 is 18.1 Å². The highest BCUT2D eigenvalue weighted by Gasteiger charge is 2.10. The van der Waals surface area contributed by atoms with Gasteiger partial charge in [0.15, 0.2) is 10.6 Å². The summed E-state index contributed by atoms with van der Waals surface area (Å²) in [7, 11) is 0. The van der Waals surface area contributed by atoms with Crippen LogP contribution in [0.4, 0.5) is 0 Å². The Labute approximate surface area is 169 Å². The van der Waals surface area contributed by atoms with Crippen molar-refractivity contribution in [1.29, 1.82) is 0 Å². The standard InChI is InChI=1S/C21H24N4O2S/c1-15-7-9-17(10-8-15)20-23-24-21(28)25(20)13-11-19(26)22-12-14-27-18-6-4-3-5-16(18)2/h3-10H,11-14H2,1-2H3,(H,22,26)(H,24,28). The van der Waals surface area contributed by atoms with Crippen molar-refractivity contribution in [2.24, 2.45) is 0 Å². The Hall–Kier alpha value is -2.93. The molecule has 0 atom stereocenters. The maximum absolute atomic E-state index is 12.2. The zero-order valence-electron chi connectivity index (χ0n) is 16.1. The molecule has 0 unspecified atom stereocenters. The first kappa shape index (κ1) is 19.8. The molecule has 3 aromatic rings. The van der Waals surface area contributed by atoms with Crippen LogP contribution in [-0.4, -0.2) is 33.8 Å². The van der Waals surface area contributed by atoms with Gasteiger partial charge < -0.3 is 10.1 Å². The number of para-hydroxylation sites is 1. The van der Waals surface area contributed by atoms with E-state index in [1.165, 1.54) is 5.56 Å². The lowest BCUT2D eigenvalue weighted by atomic mass is 10.1. The number of aromatic nitrogens is 3. The molecule has 0 radical (unpaired) electrons. The molecule has 0 bridgehead atoms. The monoisotopic (exact) mass is 396 g/mol. The number of nitrogens with one attached hydrogen (secondary N) is 2. The van der Waals surface area contributed by atoms with Crippen molar-refractivity contribution in [2.75, 3.05) is 13.2 Å². The van der Waals surface area contributed by atoms with Crippen LogP contribution in [0.1, 0.15) is 17.5 Å². The maximum Gasteiger partial charge on any atom is 0.221 e. The summed E-state index contributed by atoms with van der Waals surface area (Å²) in [6.45, 7) is 5.37. The minimum atomic E-state index is -0.0497. The lowest BCUT2D eigenvalue weighted by molar-refractivity contribution is -0.121. The van der Waals surface area contributed by atoms with E-state index in [9.17, 15) is 4.79 Å².